The van der Waals surface area contributed by atoms with Crippen molar-refractivity contribution in [1.82, 2.24) is 4.57 Å². The number of aromatic carboxylic acids is 1. The molecule has 0 radical (unpaired) electrons. The Bertz CT molecular complexity index is 1060. The lowest BCUT2D eigenvalue weighted by Gasteiger charge is -2.24. The summed E-state index contributed by atoms with van der Waals surface area (Å²) in [7, 11) is 1.28. The fraction of sp³-hybridized carbons (Fsp3) is 0.474. The second kappa shape index (κ2) is 6.94. The number of carbonyl (C=O) groups is 1. The minimum Gasteiger partial charge on any atom is -0.492 e. The fourth-order valence-corrected chi connectivity index (χ4v) is 4.03. The summed E-state index contributed by atoms with van der Waals surface area (Å²) in [6.07, 6.45) is 0.00382. The van der Waals surface area contributed by atoms with Gasteiger partial charge in [-0.1, -0.05) is 0 Å². The van der Waals surface area contributed by atoms with Crippen LogP contribution in [0.5, 0.6) is 5.75 Å². The summed E-state index contributed by atoms with van der Waals surface area (Å²) in [6, 6.07) is -0.250. The lowest BCUT2D eigenvalue weighted by atomic mass is 10.1. The molecule has 0 spiro atoms. The van der Waals surface area contributed by atoms with Crippen molar-refractivity contribution in [3.63, 3.8) is 0 Å². The number of ether oxygens (including phenoxy) is 1. The number of alkyl halides is 2. The number of pyridine rings is 1. The summed E-state index contributed by atoms with van der Waals surface area (Å²) in [5, 5.41) is 9.12. The Morgan fingerprint density at radius 2 is 2.10 bits per heavy atom. The van der Waals surface area contributed by atoms with Crippen molar-refractivity contribution < 1.29 is 27.8 Å². The Hall–Kier alpha value is -2.75. The predicted octanol–water partition coefficient (Wildman–Crippen LogP) is 1.86. The third-order valence-electron chi connectivity index (χ3n) is 5.68. The highest BCUT2D eigenvalue weighted by molar-refractivity contribution is 5.97. The molecule has 0 bridgehead atoms. The van der Waals surface area contributed by atoms with Gasteiger partial charge in [-0.2, -0.15) is 0 Å². The first-order valence-electron chi connectivity index (χ1n) is 9.17. The van der Waals surface area contributed by atoms with Crippen molar-refractivity contribution >= 4 is 22.6 Å². The van der Waals surface area contributed by atoms with E-state index < -0.39 is 53.6 Å². The van der Waals surface area contributed by atoms with Crippen molar-refractivity contribution in [1.29, 1.82) is 0 Å². The molecule has 10 heteroatoms. The van der Waals surface area contributed by atoms with Crippen molar-refractivity contribution in [3.8, 4) is 5.75 Å². The number of nitrogens with zero attached hydrogens (tertiary/aromatic N) is 2. The normalized spacial score (nSPS) is 26.2. The van der Waals surface area contributed by atoms with Crippen LogP contribution in [0.1, 0.15) is 22.8 Å². The van der Waals surface area contributed by atoms with Gasteiger partial charge in [-0.15, -0.1) is 0 Å². The van der Waals surface area contributed by atoms with Gasteiger partial charge < -0.3 is 25.0 Å². The topological polar surface area (TPSA) is 97.8 Å². The summed E-state index contributed by atoms with van der Waals surface area (Å²) in [6.45, 7) is -0.323. The summed E-state index contributed by atoms with van der Waals surface area (Å²) in [4.78, 5) is 25.7. The Morgan fingerprint density at radius 1 is 1.41 bits per heavy atom. The average molecular weight is 411 g/mol. The molecule has 2 fully saturated rings. The highest BCUT2D eigenvalue weighted by Gasteiger charge is 2.42. The molecule has 1 aliphatic carbocycles. The quantitative estimate of drug-likeness (QED) is 0.780. The molecule has 1 aromatic carbocycles. The first kappa shape index (κ1) is 19.6. The molecular formula is C19H20F3N3O4. The maximum atomic E-state index is 15.1. The number of halogens is 3. The van der Waals surface area contributed by atoms with Crippen LogP contribution >= 0.6 is 0 Å². The van der Waals surface area contributed by atoms with Gasteiger partial charge in [0.15, 0.2) is 11.6 Å². The molecule has 2 aromatic rings. The number of anilines is 1. The second-order valence-electron chi connectivity index (χ2n) is 7.52. The molecule has 7 nitrogen and oxygen atoms in total. The lowest BCUT2D eigenvalue weighted by Crippen LogP contribution is -2.30. The molecule has 156 valence electrons. The SMILES string of the molecule is COc1c(N2CC(N)C(CF)C2)c(F)cc2c(=O)c(C(=O)O)cn(C3CC3F)c12. The standard InChI is InChI=1S/C19H20F3N3O4/c1-29-18-15-9(2-12(22)16(18)24-5-8(4-20)13(23)7-24)17(26)10(19(27)28)6-25(15)14-3-11(14)21/h2,6,8,11,13-14H,3-5,7,23H2,1H3,(H,27,28). The fourth-order valence-electron chi connectivity index (χ4n) is 4.03. The van der Waals surface area contributed by atoms with Crippen LogP contribution in [0, 0.1) is 11.7 Å². The summed E-state index contributed by atoms with van der Waals surface area (Å²) in [5.74, 6) is -2.81. The third-order valence-corrected chi connectivity index (χ3v) is 5.68. The van der Waals surface area contributed by atoms with E-state index in [0.717, 1.165) is 12.3 Å². The van der Waals surface area contributed by atoms with E-state index >= 15 is 4.39 Å². The smallest absolute Gasteiger partial charge is 0.341 e. The maximum Gasteiger partial charge on any atom is 0.341 e. The van der Waals surface area contributed by atoms with Gasteiger partial charge in [0, 0.05) is 37.7 Å². The van der Waals surface area contributed by atoms with Crippen LogP contribution in [0.15, 0.2) is 17.1 Å². The number of fused-ring (bicyclic) bond motifs is 1. The van der Waals surface area contributed by atoms with E-state index in [1.165, 1.54) is 11.7 Å². The molecule has 4 rings (SSSR count). The van der Waals surface area contributed by atoms with Crippen LogP contribution in [0.4, 0.5) is 18.9 Å². The lowest BCUT2D eigenvalue weighted by molar-refractivity contribution is 0.0694. The molecule has 1 saturated carbocycles. The average Bonchev–Trinajstić information content (AvgIpc) is 3.28. The molecule has 1 aliphatic heterocycles. The molecule has 4 atom stereocenters. The van der Waals surface area contributed by atoms with Crippen LogP contribution in [0.3, 0.4) is 0 Å². The highest BCUT2D eigenvalue weighted by Crippen LogP contribution is 2.45. The molecule has 4 unspecified atom stereocenters. The number of benzene rings is 1. The molecule has 3 N–H and O–H groups in total. The van der Waals surface area contributed by atoms with Crippen LogP contribution in [-0.4, -0.2) is 54.7 Å². The zero-order valence-electron chi connectivity index (χ0n) is 15.6. The summed E-state index contributed by atoms with van der Waals surface area (Å²) in [5.41, 5.74) is 4.59. The summed E-state index contributed by atoms with van der Waals surface area (Å²) < 4.78 is 48.9. The minimum absolute atomic E-state index is 0.00122. The number of carboxylic acids is 1. The van der Waals surface area contributed by atoms with Crippen molar-refractivity contribution in [3.05, 3.63) is 33.9 Å². The number of hydrogen-bond acceptors (Lipinski definition) is 5. The molecular weight excluding hydrogens is 391 g/mol. The van der Waals surface area contributed by atoms with E-state index in [1.54, 1.807) is 4.90 Å². The number of methoxy groups -OCH3 is 1. The van der Waals surface area contributed by atoms with Crippen LogP contribution in [0.25, 0.3) is 10.9 Å². The summed E-state index contributed by atoms with van der Waals surface area (Å²) >= 11 is 0. The molecule has 0 amide bonds. The van der Waals surface area contributed by atoms with Crippen LogP contribution < -0.4 is 20.8 Å². The molecule has 1 aromatic heterocycles. The minimum atomic E-state index is -1.48. The number of aromatic nitrogens is 1. The van der Waals surface area contributed by atoms with Gasteiger partial charge in [-0.3, -0.25) is 9.18 Å². The molecule has 1 saturated heterocycles. The maximum absolute atomic E-state index is 15.1. The Labute approximate surface area is 163 Å². The molecule has 2 aliphatic rings. The Kier molecular flexibility index (Phi) is 4.68. The van der Waals surface area contributed by atoms with Crippen molar-refractivity contribution in [2.24, 2.45) is 11.7 Å². The van der Waals surface area contributed by atoms with Gasteiger partial charge in [-0.05, 0) is 6.07 Å². The van der Waals surface area contributed by atoms with E-state index in [1.807, 2.05) is 0 Å². The van der Waals surface area contributed by atoms with Gasteiger partial charge in [0.05, 0.1) is 30.7 Å². The number of nitrogens with two attached hydrogens (primary N) is 1. The predicted molar refractivity (Wildman–Crippen MR) is 99.9 cm³/mol. The van der Waals surface area contributed by atoms with Crippen molar-refractivity contribution in [2.75, 3.05) is 31.8 Å². The van der Waals surface area contributed by atoms with Crippen LogP contribution in [-0.2, 0) is 0 Å². The zero-order valence-corrected chi connectivity index (χ0v) is 15.6. The number of carboxylic acid groups (broad SMARTS) is 1. The van der Waals surface area contributed by atoms with Gasteiger partial charge in [0.2, 0.25) is 5.43 Å². The van der Waals surface area contributed by atoms with Crippen LogP contribution in [0.2, 0.25) is 0 Å². The monoisotopic (exact) mass is 411 g/mol. The van der Waals surface area contributed by atoms with Gasteiger partial charge in [0.1, 0.15) is 17.4 Å². The zero-order chi connectivity index (χ0) is 21.0. The second-order valence-corrected chi connectivity index (χ2v) is 7.52. The number of hydrogen-bond donors (Lipinski definition) is 2. The Morgan fingerprint density at radius 3 is 2.62 bits per heavy atom. The molecule has 2 heterocycles. The van der Waals surface area contributed by atoms with Gasteiger partial charge in [0.25, 0.3) is 0 Å². The first-order chi connectivity index (χ1) is 13.8. The first-order valence-corrected chi connectivity index (χ1v) is 9.17. The van der Waals surface area contributed by atoms with E-state index in [4.69, 9.17) is 10.5 Å². The van der Waals surface area contributed by atoms with E-state index in [9.17, 15) is 23.5 Å². The van der Waals surface area contributed by atoms with Gasteiger partial charge in [-0.25, -0.2) is 13.6 Å². The highest BCUT2D eigenvalue weighted by atomic mass is 19.1. The third kappa shape index (κ3) is 3.02. The van der Waals surface area contributed by atoms with E-state index in [2.05, 4.69) is 0 Å². The number of rotatable bonds is 5. The largest absolute Gasteiger partial charge is 0.492 e. The Balaban J connectivity index is 2.01. The van der Waals surface area contributed by atoms with E-state index in [-0.39, 0.29) is 41.9 Å². The van der Waals surface area contributed by atoms with Crippen molar-refractivity contribution in [2.45, 2.75) is 24.7 Å². The van der Waals surface area contributed by atoms with E-state index in [0.29, 0.717) is 0 Å². The molecule has 29 heavy (non-hydrogen) atoms. The van der Waals surface area contributed by atoms with Gasteiger partial charge >= 0.3 is 5.97 Å².